The lowest BCUT2D eigenvalue weighted by atomic mass is 9.77. The molecule has 0 heterocycles. The van der Waals surface area contributed by atoms with Crippen molar-refractivity contribution in [3.63, 3.8) is 0 Å². The number of hydrogen-bond acceptors (Lipinski definition) is 5. The van der Waals surface area contributed by atoms with E-state index < -0.39 is 12.6 Å². The van der Waals surface area contributed by atoms with E-state index in [0.29, 0.717) is 11.7 Å². The zero-order valence-electron chi connectivity index (χ0n) is 20.3. The molecule has 1 fully saturated rings. The molecule has 1 aliphatic rings. The summed E-state index contributed by atoms with van der Waals surface area (Å²) in [4.78, 5) is 11.5. The average Bonchev–Trinajstić information content (AvgIpc) is 2.87. The summed E-state index contributed by atoms with van der Waals surface area (Å²) in [5, 5.41) is 19.0. The van der Waals surface area contributed by atoms with Crippen molar-refractivity contribution in [3.05, 3.63) is 60.2 Å². The Morgan fingerprint density at radius 2 is 1.71 bits per heavy atom. The summed E-state index contributed by atoms with van der Waals surface area (Å²) in [7, 11) is 0. The van der Waals surface area contributed by atoms with Crippen molar-refractivity contribution in [2.45, 2.75) is 64.2 Å². The van der Waals surface area contributed by atoms with Crippen molar-refractivity contribution >= 4 is 5.97 Å². The predicted molar refractivity (Wildman–Crippen MR) is 135 cm³/mol. The lowest BCUT2D eigenvalue weighted by Crippen LogP contribution is -2.15. The topological polar surface area (TPSA) is 76.0 Å². The molecule has 2 aromatic carbocycles. The number of unbranched alkanes of at least 4 members (excludes halogenated alkanes) is 2. The van der Waals surface area contributed by atoms with E-state index in [9.17, 15) is 9.90 Å². The summed E-state index contributed by atoms with van der Waals surface area (Å²) in [5.74, 6) is 1.27. The minimum absolute atomic E-state index is 0.00291. The number of ether oxygens (including phenoxy) is 2. The zero-order valence-corrected chi connectivity index (χ0v) is 20.3. The lowest BCUT2D eigenvalue weighted by Gasteiger charge is -2.29. The fourth-order valence-corrected chi connectivity index (χ4v) is 4.68. The van der Waals surface area contributed by atoms with Crippen LogP contribution in [0.15, 0.2) is 54.6 Å². The van der Waals surface area contributed by atoms with Crippen LogP contribution in [-0.4, -0.2) is 36.0 Å². The van der Waals surface area contributed by atoms with Crippen molar-refractivity contribution in [1.29, 1.82) is 0 Å². The van der Waals surface area contributed by atoms with Crippen molar-refractivity contribution in [2.24, 2.45) is 5.92 Å². The fraction of sp³-hybridized carbons (Fsp3) is 0.483. The predicted octanol–water partition coefficient (Wildman–Crippen LogP) is 6.38. The van der Waals surface area contributed by atoms with Gasteiger partial charge in [-0.2, -0.15) is 0 Å². The molecule has 0 saturated heterocycles. The van der Waals surface area contributed by atoms with E-state index in [4.69, 9.17) is 14.6 Å². The molecule has 0 radical (unpaired) electrons. The number of carbonyl (C=O) groups excluding carboxylic acids is 1. The number of aliphatic hydroxyl groups is 1. The Balaban J connectivity index is 1.53. The molecule has 5 nitrogen and oxygen atoms in total. The second-order valence-corrected chi connectivity index (χ2v) is 9.26. The zero-order chi connectivity index (χ0) is 24.3. The first-order valence-corrected chi connectivity index (χ1v) is 12.5. The van der Waals surface area contributed by atoms with Gasteiger partial charge in [0.1, 0.15) is 13.2 Å². The van der Waals surface area contributed by atoms with Gasteiger partial charge in [-0.25, -0.2) is 4.79 Å². The van der Waals surface area contributed by atoms with Gasteiger partial charge in [-0.15, -0.1) is 0 Å². The SMILES string of the molecule is C=C(CO)C(=O)OCCOc1cc(-c2ccc(C3CCC(CCCCC)CC3)cc2)ccc1O. The number of rotatable bonds is 12. The molecule has 0 unspecified atom stereocenters. The highest BCUT2D eigenvalue weighted by molar-refractivity contribution is 5.87. The molecule has 3 rings (SSSR count). The minimum Gasteiger partial charge on any atom is -0.504 e. The van der Waals surface area contributed by atoms with Crippen LogP contribution >= 0.6 is 0 Å². The molecule has 1 aliphatic carbocycles. The monoisotopic (exact) mass is 466 g/mol. The third-order valence-electron chi connectivity index (χ3n) is 6.79. The molecule has 0 amide bonds. The molecular weight excluding hydrogens is 428 g/mol. The van der Waals surface area contributed by atoms with Gasteiger partial charge in [0.15, 0.2) is 11.5 Å². The van der Waals surface area contributed by atoms with Gasteiger partial charge in [-0.3, -0.25) is 0 Å². The molecule has 0 aliphatic heterocycles. The molecule has 2 N–H and O–H groups in total. The van der Waals surface area contributed by atoms with Gasteiger partial charge in [-0.1, -0.05) is 69.5 Å². The summed E-state index contributed by atoms with van der Waals surface area (Å²) in [5.41, 5.74) is 3.42. The van der Waals surface area contributed by atoms with Crippen molar-refractivity contribution < 1.29 is 24.5 Å². The van der Waals surface area contributed by atoms with E-state index in [2.05, 4.69) is 37.8 Å². The molecule has 34 heavy (non-hydrogen) atoms. The standard InChI is InChI=1S/C29H38O5/c1-3-4-5-6-22-7-9-23(10-8-22)24-11-13-25(14-12-24)26-15-16-27(31)28(19-26)33-17-18-34-29(32)21(2)20-30/h11-16,19,22-23,30-31H,2-10,17-18,20H2,1H3. The minimum atomic E-state index is -0.658. The van der Waals surface area contributed by atoms with Crippen LogP contribution in [-0.2, 0) is 9.53 Å². The van der Waals surface area contributed by atoms with Crippen LogP contribution in [0, 0.1) is 5.92 Å². The number of benzene rings is 2. The van der Waals surface area contributed by atoms with Crippen LogP contribution in [0.2, 0.25) is 0 Å². The average molecular weight is 467 g/mol. The van der Waals surface area contributed by atoms with E-state index >= 15 is 0 Å². The van der Waals surface area contributed by atoms with Gasteiger partial charge in [0.2, 0.25) is 0 Å². The normalized spacial score (nSPS) is 17.8. The highest BCUT2D eigenvalue weighted by Crippen LogP contribution is 2.39. The molecule has 5 heteroatoms. The Morgan fingerprint density at radius 1 is 1.00 bits per heavy atom. The molecule has 0 aromatic heterocycles. The third kappa shape index (κ3) is 7.36. The summed E-state index contributed by atoms with van der Waals surface area (Å²) in [6.45, 7) is 5.32. The molecular formula is C29H38O5. The summed E-state index contributed by atoms with van der Waals surface area (Å²) in [6, 6.07) is 14.0. The Morgan fingerprint density at radius 3 is 2.38 bits per heavy atom. The van der Waals surface area contributed by atoms with Crippen LogP contribution in [0.3, 0.4) is 0 Å². The summed E-state index contributed by atoms with van der Waals surface area (Å²) in [6.07, 6.45) is 10.7. The molecule has 0 atom stereocenters. The van der Waals surface area contributed by atoms with Crippen LogP contribution in [0.4, 0.5) is 0 Å². The summed E-state index contributed by atoms with van der Waals surface area (Å²) >= 11 is 0. The number of phenols is 1. The van der Waals surface area contributed by atoms with Crippen LogP contribution in [0.1, 0.15) is 69.8 Å². The van der Waals surface area contributed by atoms with Gasteiger partial charge >= 0.3 is 5.97 Å². The van der Waals surface area contributed by atoms with Gasteiger partial charge in [-0.05, 0) is 66.3 Å². The van der Waals surface area contributed by atoms with Crippen molar-refractivity contribution in [1.82, 2.24) is 0 Å². The Labute approximate surface area is 203 Å². The second kappa shape index (κ2) is 13.2. The van der Waals surface area contributed by atoms with Crippen molar-refractivity contribution in [3.8, 4) is 22.6 Å². The van der Waals surface area contributed by atoms with E-state index in [-0.39, 0.29) is 24.5 Å². The number of hydrogen-bond donors (Lipinski definition) is 2. The summed E-state index contributed by atoms with van der Waals surface area (Å²) < 4.78 is 10.6. The van der Waals surface area contributed by atoms with E-state index in [1.165, 1.54) is 56.9 Å². The smallest absolute Gasteiger partial charge is 0.335 e. The van der Waals surface area contributed by atoms with Gasteiger partial charge in [0, 0.05) is 0 Å². The van der Waals surface area contributed by atoms with Gasteiger partial charge < -0.3 is 19.7 Å². The molecule has 1 saturated carbocycles. The molecule has 2 aromatic rings. The lowest BCUT2D eigenvalue weighted by molar-refractivity contribution is -0.140. The maximum absolute atomic E-state index is 11.5. The maximum Gasteiger partial charge on any atom is 0.335 e. The highest BCUT2D eigenvalue weighted by Gasteiger charge is 2.22. The molecule has 184 valence electrons. The molecule has 0 bridgehead atoms. The van der Waals surface area contributed by atoms with Crippen LogP contribution in [0.5, 0.6) is 11.5 Å². The van der Waals surface area contributed by atoms with Crippen LogP contribution in [0.25, 0.3) is 11.1 Å². The Kier molecular flexibility index (Phi) is 10.0. The number of phenolic OH excluding ortho intramolecular Hbond substituents is 1. The number of aliphatic hydroxyl groups excluding tert-OH is 1. The largest absolute Gasteiger partial charge is 0.504 e. The second-order valence-electron chi connectivity index (χ2n) is 9.26. The third-order valence-corrected chi connectivity index (χ3v) is 6.79. The molecule has 0 spiro atoms. The first-order chi connectivity index (χ1) is 16.5. The van der Waals surface area contributed by atoms with E-state index in [0.717, 1.165) is 17.0 Å². The highest BCUT2D eigenvalue weighted by atomic mass is 16.6. The van der Waals surface area contributed by atoms with Gasteiger partial charge in [0.05, 0.1) is 12.2 Å². The number of aromatic hydroxyl groups is 1. The number of carbonyl (C=O) groups is 1. The van der Waals surface area contributed by atoms with E-state index in [1.54, 1.807) is 12.1 Å². The van der Waals surface area contributed by atoms with Gasteiger partial charge in [0.25, 0.3) is 0 Å². The Hall–Kier alpha value is -2.79. The van der Waals surface area contributed by atoms with E-state index in [1.807, 2.05) is 6.07 Å². The number of esters is 1. The van der Waals surface area contributed by atoms with Crippen LogP contribution < -0.4 is 4.74 Å². The first-order valence-electron chi connectivity index (χ1n) is 12.5. The fourth-order valence-electron chi connectivity index (χ4n) is 4.68. The maximum atomic E-state index is 11.5. The van der Waals surface area contributed by atoms with Crippen molar-refractivity contribution in [2.75, 3.05) is 19.8 Å². The Bertz CT molecular complexity index is 926. The quantitative estimate of drug-likeness (QED) is 0.215. The first kappa shape index (κ1) is 25.8.